The van der Waals surface area contributed by atoms with Crippen LogP contribution in [0.2, 0.25) is 10.0 Å². The molecule has 0 aliphatic heterocycles. The molecule has 2 rings (SSSR count). The molecule has 94 valence electrons. The Morgan fingerprint density at radius 2 is 1.61 bits per heavy atom. The summed E-state index contributed by atoms with van der Waals surface area (Å²) in [5.41, 5.74) is 0.132. The summed E-state index contributed by atoms with van der Waals surface area (Å²) in [6, 6.07) is 12.4. The van der Waals surface area contributed by atoms with Crippen LogP contribution in [0.15, 0.2) is 53.4 Å². The zero-order chi connectivity index (χ0) is 13.2. The smallest absolute Gasteiger partial charge is 0.123 e. The van der Waals surface area contributed by atoms with E-state index in [1.165, 1.54) is 24.3 Å². The Hall–Kier alpha value is -1.23. The van der Waals surface area contributed by atoms with Gasteiger partial charge in [0, 0.05) is 10.0 Å². The molecule has 2 aromatic rings. The first-order chi connectivity index (χ1) is 8.49. The van der Waals surface area contributed by atoms with E-state index in [0.29, 0.717) is 5.02 Å². The van der Waals surface area contributed by atoms with Crippen LogP contribution in [0.25, 0.3) is 4.72 Å². The van der Waals surface area contributed by atoms with Crippen LogP contribution in [0.5, 0.6) is 0 Å². The van der Waals surface area contributed by atoms with Crippen molar-refractivity contribution in [3.05, 3.63) is 63.3 Å². The lowest BCUT2D eigenvalue weighted by molar-refractivity contribution is 0.603. The molecular weight excluding hydrogens is 293 g/mol. The predicted molar refractivity (Wildman–Crippen MR) is 73.1 cm³/mol. The first-order valence-electron chi connectivity index (χ1n) is 4.97. The van der Waals surface area contributed by atoms with Crippen molar-refractivity contribution in [2.75, 3.05) is 0 Å². The Morgan fingerprint density at radius 3 is 2.28 bits per heavy atom. The van der Waals surface area contributed by atoms with E-state index in [1.54, 1.807) is 24.3 Å². The Labute approximate surface area is 115 Å². The van der Waals surface area contributed by atoms with E-state index >= 15 is 0 Å². The monoisotopic (exact) mass is 300 g/mol. The highest BCUT2D eigenvalue weighted by Gasteiger charge is 2.05. The van der Waals surface area contributed by atoms with E-state index in [9.17, 15) is 8.42 Å². The van der Waals surface area contributed by atoms with Gasteiger partial charge in [-0.2, -0.15) is 0 Å². The maximum absolute atomic E-state index is 12.0. The molecular formula is C12H8Cl2NO2S-. The van der Waals surface area contributed by atoms with Crippen molar-refractivity contribution in [2.45, 2.75) is 4.90 Å². The fraction of sp³-hybridized carbons (Fsp3) is 0. The lowest BCUT2D eigenvalue weighted by Gasteiger charge is -2.23. The van der Waals surface area contributed by atoms with E-state index in [2.05, 4.69) is 4.72 Å². The van der Waals surface area contributed by atoms with Crippen molar-refractivity contribution in [3.63, 3.8) is 0 Å². The second-order valence-corrected chi connectivity index (χ2v) is 5.92. The molecule has 0 radical (unpaired) electrons. The number of halogens is 2. The van der Waals surface area contributed by atoms with Crippen LogP contribution < -0.4 is 0 Å². The number of hydrogen-bond donors (Lipinski definition) is 0. The highest BCUT2D eigenvalue weighted by Crippen LogP contribution is 2.35. The summed E-state index contributed by atoms with van der Waals surface area (Å²) in [6.45, 7) is 0. The fourth-order valence-corrected chi connectivity index (χ4v) is 2.72. The maximum Gasteiger partial charge on any atom is 0.123 e. The topological polar surface area (TPSA) is 48.2 Å². The molecule has 0 amide bonds. The molecule has 0 aliphatic rings. The van der Waals surface area contributed by atoms with Gasteiger partial charge in [-0.25, -0.2) is 8.42 Å². The van der Waals surface area contributed by atoms with E-state index in [1.807, 2.05) is 0 Å². The number of hydrogen-bond acceptors (Lipinski definition) is 2. The molecule has 3 nitrogen and oxygen atoms in total. The largest absolute Gasteiger partial charge is 0.571 e. The van der Waals surface area contributed by atoms with E-state index in [0.717, 1.165) is 0 Å². The van der Waals surface area contributed by atoms with Crippen LogP contribution in [0.4, 0.5) is 5.69 Å². The first-order valence-corrected chi connectivity index (χ1v) is 7.17. The zero-order valence-corrected chi connectivity index (χ0v) is 11.4. The highest BCUT2D eigenvalue weighted by atomic mass is 35.5. The molecule has 18 heavy (non-hydrogen) atoms. The van der Waals surface area contributed by atoms with Gasteiger partial charge in [0.25, 0.3) is 0 Å². The first kappa shape index (κ1) is 13.2. The van der Waals surface area contributed by atoms with Gasteiger partial charge >= 0.3 is 0 Å². The molecule has 0 bridgehead atoms. The number of rotatable bonds is 3. The summed E-state index contributed by atoms with van der Waals surface area (Å²) < 4.78 is 27.7. The van der Waals surface area contributed by atoms with Crippen molar-refractivity contribution in [1.82, 2.24) is 0 Å². The van der Waals surface area contributed by atoms with Crippen LogP contribution >= 0.6 is 23.2 Å². The molecule has 0 saturated heterocycles. The van der Waals surface area contributed by atoms with Crippen molar-refractivity contribution in [1.29, 1.82) is 0 Å². The molecule has 0 N–H and O–H groups in total. The lowest BCUT2D eigenvalue weighted by Crippen LogP contribution is -1.97. The van der Waals surface area contributed by atoms with Crippen molar-refractivity contribution < 1.29 is 8.42 Å². The Morgan fingerprint density at radius 1 is 0.944 bits per heavy atom. The van der Waals surface area contributed by atoms with Crippen molar-refractivity contribution in [3.8, 4) is 0 Å². The third-order valence-electron chi connectivity index (χ3n) is 2.17. The van der Waals surface area contributed by atoms with Crippen LogP contribution in [0.3, 0.4) is 0 Å². The molecule has 0 aromatic heterocycles. The van der Waals surface area contributed by atoms with Gasteiger partial charge in [0.15, 0.2) is 0 Å². The van der Waals surface area contributed by atoms with Gasteiger partial charge in [-0.3, -0.25) is 0 Å². The van der Waals surface area contributed by atoms with Gasteiger partial charge in [-0.05, 0) is 24.3 Å². The van der Waals surface area contributed by atoms with Gasteiger partial charge in [0.1, 0.15) is 10.0 Å². The lowest BCUT2D eigenvalue weighted by atomic mass is 10.3. The van der Waals surface area contributed by atoms with Crippen molar-refractivity contribution >= 4 is 38.9 Å². The maximum atomic E-state index is 12.0. The van der Waals surface area contributed by atoms with E-state index in [-0.39, 0.29) is 15.6 Å². The van der Waals surface area contributed by atoms with E-state index < -0.39 is 10.0 Å². The van der Waals surface area contributed by atoms with Gasteiger partial charge in [0.2, 0.25) is 0 Å². The van der Waals surface area contributed by atoms with Crippen LogP contribution in [-0.2, 0) is 10.0 Å². The third-order valence-corrected chi connectivity index (χ3v) is 4.03. The van der Waals surface area contributed by atoms with Gasteiger partial charge in [0.05, 0.1) is 4.90 Å². The number of benzene rings is 2. The number of sulfonamides is 1. The van der Waals surface area contributed by atoms with Gasteiger partial charge < -0.3 is 4.72 Å². The minimum absolute atomic E-state index is 0.112. The summed E-state index contributed by atoms with van der Waals surface area (Å²) in [5, 5.41) is 0.611. The minimum Gasteiger partial charge on any atom is -0.571 e. The minimum atomic E-state index is -3.77. The standard InChI is InChI=1S/C12H8Cl2NO2S/c13-9-6-7-11(14)12(8-9)15-18(16,17)10-4-2-1-3-5-10/h1-8H/q-1. The number of nitrogens with zero attached hydrogens (tertiary/aromatic N) is 1. The van der Waals surface area contributed by atoms with Gasteiger partial charge in [-0.1, -0.05) is 47.5 Å². The second kappa shape index (κ2) is 5.18. The second-order valence-electron chi connectivity index (χ2n) is 3.48. The molecule has 0 heterocycles. The van der Waals surface area contributed by atoms with Crippen LogP contribution in [0.1, 0.15) is 0 Å². The summed E-state index contributed by atoms with van der Waals surface area (Å²) in [4.78, 5) is 0.112. The zero-order valence-electron chi connectivity index (χ0n) is 9.05. The summed E-state index contributed by atoms with van der Waals surface area (Å²) in [7, 11) is -3.77. The SMILES string of the molecule is O=S(=O)([N-]c1cc(Cl)ccc1Cl)c1ccccc1. The molecule has 0 spiro atoms. The Kier molecular flexibility index (Phi) is 3.80. The van der Waals surface area contributed by atoms with Crippen LogP contribution in [0, 0.1) is 0 Å². The summed E-state index contributed by atoms with van der Waals surface area (Å²) in [6.07, 6.45) is 0. The Bertz CT molecular complexity index is 657. The molecule has 0 fully saturated rings. The average Bonchev–Trinajstić information content (AvgIpc) is 2.35. The van der Waals surface area contributed by atoms with Crippen LogP contribution in [-0.4, -0.2) is 8.42 Å². The molecule has 0 unspecified atom stereocenters. The highest BCUT2D eigenvalue weighted by molar-refractivity contribution is 7.94. The molecule has 2 aromatic carbocycles. The summed E-state index contributed by atoms with van der Waals surface area (Å²) >= 11 is 11.7. The average molecular weight is 301 g/mol. The predicted octanol–water partition coefficient (Wildman–Crippen LogP) is 4.39. The van der Waals surface area contributed by atoms with E-state index in [4.69, 9.17) is 23.2 Å². The third kappa shape index (κ3) is 2.96. The molecule has 6 heteroatoms. The van der Waals surface area contributed by atoms with Crippen molar-refractivity contribution in [2.24, 2.45) is 0 Å². The molecule has 0 aliphatic carbocycles. The quantitative estimate of drug-likeness (QED) is 0.844. The normalized spacial score (nSPS) is 11.2. The molecule has 0 saturated carbocycles. The fourth-order valence-electron chi connectivity index (χ4n) is 1.33. The Balaban J connectivity index is 2.37. The summed E-state index contributed by atoms with van der Waals surface area (Å²) in [5.74, 6) is 0. The van der Waals surface area contributed by atoms with Gasteiger partial charge in [-0.15, -0.1) is 5.69 Å². The molecule has 0 atom stereocenters.